The second-order valence-electron chi connectivity index (χ2n) is 23.1. The van der Waals surface area contributed by atoms with Gasteiger partial charge in [-0.25, -0.2) is 9.00 Å². The smallest absolute Gasteiger partial charge is 0.872 e. The van der Waals surface area contributed by atoms with E-state index in [9.17, 15) is 43.7 Å². The molecule has 10 aromatic carbocycles. The Balaban J connectivity index is 0.00000138. The van der Waals surface area contributed by atoms with E-state index in [1.807, 2.05) is 109 Å². The third-order valence-corrected chi connectivity index (χ3v) is 20.3. The number of hydrogen-bond donors (Lipinski definition) is 5. The zero-order valence-electron chi connectivity index (χ0n) is 68.9. The minimum Gasteiger partial charge on any atom is -0.872 e. The molecule has 0 fully saturated rings. The maximum atomic E-state index is 12.6. The van der Waals surface area contributed by atoms with Gasteiger partial charge in [-0.2, -0.15) is 0 Å². The number of aromatic hydroxyl groups is 2. The van der Waals surface area contributed by atoms with Crippen LogP contribution in [-0.2, 0) is 47.1 Å². The summed E-state index contributed by atoms with van der Waals surface area (Å²) in [7, 11) is 12.9. The molecule has 0 unspecified atom stereocenters. The van der Waals surface area contributed by atoms with Gasteiger partial charge in [-0.05, 0) is 121 Å². The summed E-state index contributed by atoms with van der Waals surface area (Å²) >= 11 is 20.8. The molecule has 122 heavy (non-hydrogen) atoms. The average Bonchev–Trinajstić information content (AvgIpc) is 0.820. The summed E-state index contributed by atoms with van der Waals surface area (Å²) < 4.78 is 76.9. The molecule has 0 spiro atoms. The number of carboxylic acids is 1. The number of phenolic OH excluding ortho intramolecular Hbond substituents is 2. The summed E-state index contributed by atoms with van der Waals surface area (Å²) in [5.74, 6) is 1.08. The number of hydrogen-bond acceptors (Lipinski definition) is 26. The van der Waals surface area contributed by atoms with E-state index >= 15 is 0 Å². The number of halogens is 5. The molecule has 5 N–H and O–H groups in total. The summed E-state index contributed by atoms with van der Waals surface area (Å²) in [6.07, 6.45) is 0. The first-order valence-corrected chi connectivity index (χ1v) is 43.0. The Morgan fingerprint density at radius 1 is 0.418 bits per heavy atom. The molecule has 0 amide bonds. The van der Waals surface area contributed by atoms with Crippen LogP contribution in [0.5, 0.6) is 28.7 Å². The van der Waals surface area contributed by atoms with Gasteiger partial charge in [0.1, 0.15) is 23.9 Å². The number of para-hydroxylation sites is 1. The van der Waals surface area contributed by atoms with Gasteiger partial charge >= 0.3 is 94.6 Å². The van der Waals surface area contributed by atoms with Gasteiger partial charge in [0.05, 0.1) is 100.0 Å². The van der Waals surface area contributed by atoms with Crippen molar-refractivity contribution < 1.29 is 182 Å². The van der Waals surface area contributed by atoms with Crippen LogP contribution in [0.3, 0.4) is 0 Å². The number of phenols is 2. The second kappa shape index (κ2) is 69.5. The Bertz CT molecular complexity index is 5250. The first-order chi connectivity index (χ1) is 57.6. The summed E-state index contributed by atoms with van der Waals surface area (Å²) in [5.41, 5.74) is 0.173. The predicted octanol–water partition coefficient (Wildman–Crippen LogP) is 8.50. The number of ether oxygens (including phenoxy) is 9. The first kappa shape index (κ1) is 114. The molecule has 22 nitrogen and oxygen atoms in total. The van der Waals surface area contributed by atoms with E-state index < -0.39 is 22.3 Å². The van der Waals surface area contributed by atoms with E-state index in [0.717, 1.165) is 43.0 Å². The topological polar surface area (TPSA) is 343 Å². The van der Waals surface area contributed by atoms with Crippen LogP contribution in [-0.4, -0.2) is 176 Å². The van der Waals surface area contributed by atoms with Crippen molar-refractivity contribution in [1.29, 1.82) is 0 Å². The molecule has 0 aliphatic carbocycles. The normalized spacial score (nSPS) is 10.0. The number of alkyl halides is 3. The van der Waals surface area contributed by atoms with Crippen molar-refractivity contribution in [3.63, 3.8) is 0 Å². The van der Waals surface area contributed by atoms with E-state index in [-0.39, 0.29) is 145 Å². The number of fused-ring (bicyclic) bond motifs is 8. The largest absolute Gasteiger partial charge is 1.00 e. The number of carbonyl (C=O) groups is 1. The van der Waals surface area contributed by atoms with Gasteiger partial charge in [0.15, 0.2) is 21.7 Å². The maximum absolute atomic E-state index is 12.6. The molecule has 640 valence electrons. The van der Waals surface area contributed by atoms with Gasteiger partial charge in [-0.1, -0.05) is 103 Å². The van der Waals surface area contributed by atoms with Crippen molar-refractivity contribution in [3.05, 3.63) is 271 Å². The number of aliphatic hydroxyl groups excluding tert-OH is 1. The first-order valence-electron chi connectivity index (χ1n) is 36.1. The Morgan fingerprint density at radius 3 is 1.04 bits per heavy atom. The van der Waals surface area contributed by atoms with Crippen molar-refractivity contribution in [2.75, 3.05) is 140 Å². The Hall–Kier alpha value is -5.58. The molecule has 0 atom stereocenters. The molecule has 36 heteroatoms. The molecule has 0 bridgehead atoms. The van der Waals surface area contributed by atoms with Crippen LogP contribution in [0.25, 0.3) is 80.7 Å². The van der Waals surface area contributed by atoms with Gasteiger partial charge in [-0.15, -0.1) is 92.7 Å². The van der Waals surface area contributed by atoms with Crippen molar-refractivity contribution in [2.45, 2.75) is 4.90 Å². The van der Waals surface area contributed by atoms with Crippen LogP contribution in [0.15, 0.2) is 249 Å². The van der Waals surface area contributed by atoms with Crippen molar-refractivity contribution >= 4 is 198 Å². The monoisotopic (exact) mass is 1900 g/mol. The van der Waals surface area contributed by atoms with Gasteiger partial charge in [0.2, 0.25) is 9.23 Å². The van der Waals surface area contributed by atoms with Crippen molar-refractivity contribution in [1.82, 2.24) is 0 Å². The second-order valence-corrected chi connectivity index (χ2v) is 31.2. The van der Waals surface area contributed by atoms with E-state index in [2.05, 4.69) is 38.7 Å². The zero-order chi connectivity index (χ0) is 87.1. The Labute approximate surface area is 815 Å². The average molecular weight is 1900 g/mol. The van der Waals surface area contributed by atoms with Crippen LogP contribution in [0, 0.1) is 0 Å². The Kier molecular flexibility index (Phi) is 65.2. The summed E-state index contributed by atoms with van der Waals surface area (Å²) in [4.78, 5) is 59.8. The zero-order valence-corrected chi connectivity index (χ0v) is 81.9. The molecule has 0 radical (unpaired) electrons. The third kappa shape index (κ3) is 43.3. The molecular formula is C86H90Cl4FNa3O22S6. The number of rotatable bonds is 23. The van der Waals surface area contributed by atoms with Gasteiger partial charge in [0, 0.05) is 147 Å². The van der Waals surface area contributed by atoms with Crippen LogP contribution < -0.4 is 125 Å². The van der Waals surface area contributed by atoms with Gasteiger partial charge < -0.3 is 78.7 Å². The number of benzene rings is 10. The standard InChI is InChI=1S/C18H18O4S.3C13H8O2S.C7H6O2S.C6H6O.2C5H11ClO2.C5H12O3.CH3F.Cl2OS.3Na.H2O/c1-20-8-9-21-10-11-22-13-6-7-17-15(12-13)18(19)14-4-2-3-5-16(14)23-17;3*14-8-5-6-12-10(7-8)13(15)9-3-1-2-4-11(9)16-12;8-7(9)5-3-1-2-4-6(5)10;7-6-4-2-1-3-5-6;3*1-7-4-5-8-3-2-6;1-2;1-4(2)3;;;;/h2-7,12H,8-11H2,1H3;3*1-7,14H;1-4,10H,(H,8,9);1-5,7H;2*2-5H2,1H3;6H,2-5H2,1H3;1H3;;;;;1H2/q;;;;;;;;;;;3*+1;/p-3/i;;;;;;;;;1D;;;;;. The number of methoxy groups -OCH3 is 4. The van der Waals surface area contributed by atoms with Crippen molar-refractivity contribution in [2.24, 2.45) is 0 Å². The SMILES string of the molecule is COCCOCCCl.COCCOCCCl.COCCOCCO.COCCOCCOc1ccc2sc3ccccc3c(=O)c2c1.O=C(O)c1ccccc1S.O=S(Cl)Cl.O=c1c2ccccc2sc2ccc(O)cc12.O=c1c2ccccc2sc2ccc([O-])cc12.O=c1c2ccccc2sc2ccc([O-])cc12.Oc1ccccc1.[2H]CF.[Na+].[Na+].[Na+].[OH-]. The van der Waals surface area contributed by atoms with E-state index in [4.69, 9.17) is 82.0 Å². The predicted molar refractivity (Wildman–Crippen MR) is 485 cm³/mol. The van der Waals surface area contributed by atoms with Gasteiger partial charge in [-0.3, -0.25) is 23.6 Å². The number of carboxylic acid groups (broad SMARTS) is 1. The maximum Gasteiger partial charge on any atom is 1.00 e. The molecular weight excluding hydrogens is 1810 g/mol. The molecule has 0 saturated heterocycles. The van der Waals surface area contributed by atoms with Crippen LogP contribution in [0.1, 0.15) is 11.7 Å². The molecule has 0 aliphatic heterocycles. The fourth-order valence-corrected chi connectivity index (χ4v) is 14.4. The van der Waals surface area contributed by atoms with E-state index in [1.165, 1.54) is 59.1 Å². The summed E-state index contributed by atoms with van der Waals surface area (Å²) in [6, 6.07) is 65.2. The third-order valence-electron chi connectivity index (χ3n) is 15.0. The summed E-state index contributed by atoms with van der Waals surface area (Å²) in [5, 5.41) is 62.4. The van der Waals surface area contributed by atoms with Crippen LogP contribution >= 0.6 is 103 Å². The molecule has 0 saturated carbocycles. The van der Waals surface area contributed by atoms with Crippen LogP contribution in [0.4, 0.5) is 4.39 Å². The molecule has 0 aliphatic rings. The number of aliphatic hydroxyl groups is 1. The van der Waals surface area contributed by atoms with E-state index in [1.54, 1.807) is 130 Å². The number of thiol groups is 1. The minimum absolute atomic E-state index is 0. The minimum atomic E-state index is -1.67. The Morgan fingerprint density at radius 2 is 0.713 bits per heavy atom. The molecule has 14 aromatic rings. The fraction of sp³-hybridized carbons (Fsp3) is 0.244. The molecule has 14 rings (SSSR count). The summed E-state index contributed by atoms with van der Waals surface area (Å²) in [6.45, 7) is 7.53. The van der Waals surface area contributed by atoms with Crippen molar-refractivity contribution in [3.8, 4) is 28.7 Å². The van der Waals surface area contributed by atoms with Crippen LogP contribution in [0.2, 0.25) is 0 Å². The fourth-order valence-electron chi connectivity index (χ4n) is 9.68. The molecule has 4 aromatic heterocycles. The van der Waals surface area contributed by atoms with Gasteiger partial charge in [0.25, 0.3) is 0 Å². The molecule has 4 heterocycles. The van der Waals surface area contributed by atoms with E-state index in [0.29, 0.717) is 152 Å². The number of aromatic carboxylic acids is 1. The quantitative estimate of drug-likeness (QED) is 0.01000.